The second-order valence-corrected chi connectivity index (χ2v) is 4.26. The minimum absolute atomic E-state index is 0.980. The van der Waals surface area contributed by atoms with Crippen molar-refractivity contribution in [1.29, 1.82) is 0 Å². The standard InChI is InChI=1S/C14H14N2/c1-11-5-4-6-12-9-16(10-13(11)12)14-7-2-3-8-15-14/h2-8H,9-10H2,1H3. The second kappa shape index (κ2) is 3.63. The first-order chi connectivity index (χ1) is 7.84. The lowest BCUT2D eigenvalue weighted by Crippen LogP contribution is -2.15. The van der Waals surface area contributed by atoms with Crippen molar-refractivity contribution in [2.45, 2.75) is 20.0 Å². The molecule has 0 saturated carbocycles. The lowest BCUT2D eigenvalue weighted by molar-refractivity contribution is 0.855. The highest BCUT2D eigenvalue weighted by atomic mass is 15.2. The molecule has 0 spiro atoms. The Kier molecular flexibility index (Phi) is 2.13. The molecule has 16 heavy (non-hydrogen) atoms. The van der Waals surface area contributed by atoms with E-state index in [-0.39, 0.29) is 0 Å². The van der Waals surface area contributed by atoms with Crippen LogP contribution in [0.1, 0.15) is 16.7 Å². The molecule has 0 unspecified atom stereocenters. The average molecular weight is 210 g/mol. The van der Waals surface area contributed by atoms with Gasteiger partial charge in [0.2, 0.25) is 0 Å². The quantitative estimate of drug-likeness (QED) is 0.719. The summed E-state index contributed by atoms with van der Waals surface area (Å²) >= 11 is 0. The van der Waals surface area contributed by atoms with Gasteiger partial charge in [-0.3, -0.25) is 0 Å². The Morgan fingerprint density at radius 3 is 2.75 bits per heavy atom. The van der Waals surface area contributed by atoms with E-state index >= 15 is 0 Å². The Bertz CT molecular complexity index is 505. The molecule has 0 amide bonds. The maximum atomic E-state index is 4.40. The first kappa shape index (κ1) is 9.40. The van der Waals surface area contributed by atoms with E-state index < -0.39 is 0 Å². The number of fused-ring (bicyclic) bond motifs is 1. The number of hydrogen-bond donors (Lipinski definition) is 0. The average Bonchev–Trinajstić information content (AvgIpc) is 2.76. The van der Waals surface area contributed by atoms with E-state index in [1.165, 1.54) is 16.7 Å². The summed E-state index contributed by atoms with van der Waals surface area (Å²) in [6.07, 6.45) is 1.85. The van der Waals surface area contributed by atoms with Gasteiger partial charge in [-0.25, -0.2) is 4.98 Å². The van der Waals surface area contributed by atoms with Crippen LogP contribution in [0, 0.1) is 6.92 Å². The van der Waals surface area contributed by atoms with Crippen LogP contribution in [0.15, 0.2) is 42.6 Å². The van der Waals surface area contributed by atoms with Crippen LogP contribution >= 0.6 is 0 Å². The molecule has 2 heterocycles. The Morgan fingerprint density at radius 1 is 1.06 bits per heavy atom. The lowest BCUT2D eigenvalue weighted by Gasteiger charge is -2.15. The number of aromatic nitrogens is 1. The minimum Gasteiger partial charge on any atom is -0.348 e. The van der Waals surface area contributed by atoms with Gasteiger partial charge in [0.1, 0.15) is 5.82 Å². The number of benzene rings is 1. The topological polar surface area (TPSA) is 16.1 Å². The van der Waals surface area contributed by atoms with Gasteiger partial charge in [-0.15, -0.1) is 0 Å². The summed E-state index contributed by atoms with van der Waals surface area (Å²) < 4.78 is 0. The second-order valence-electron chi connectivity index (χ2n) is 4.26. The van der Waals surface area contributed by atoms with Crippen LogP contribution < -0.4 is 4.90 Å². The molecule has 1 aromatic carbocycles. The molecule has 0 radical (unpaired) electrons. The van der Waals surface area contributed by atoms with E-state index in [4.69, 9.17) is 0 Å². The molecule has 1 aliphatic heterocycles. The molecule has 2 nitrogen and oxygen atoms in total. The van der Waals surface area contributed by atoms with E-state index in [0.29, 0.717) is 0 Å². The maximum Gasteiger partial charge on any atom is 0.129 e. The number of hydrogen-bond acceptors (Lipinski definition) is 2. The van der Waals surface area contributed by atoms with E-state index in [9.17, 15) is 0 Å². The van der Waals surface area contributed by atoms with Crippen LogP contribution in [-0.2, 0) is 13.1 Å². The normalized spacial score (nSPS) is 13.9. The zero-order chi connectivity index (χ0) is 11.0. The first-order valence-electron chi connectivity index (χ1n) is 5.58. The van der Waals surface area contributed by atoms with Crippen LogP contribution in [0.25, 0.3) is 0 Å². The van der Waals surface area contributed by atoms with Crippen LogP contribution in [0.2, 0.25) is 0 Å². The zero-order valence-electron chi connectivity index (χ0n) is 9.35. The van der Waals surface area contributed by atoms with Crippen molar-refractivity contribution in [3.8, 4) is 0 Å². The Balaban J connectivity index is 1.94. The van der Waals surface area contributed by atoms with Crippen molar-refractivity contribution in [3.05, 3.63) is 59.3 Å². The van der Waals surface area contributed by atoms with Crippen molar-refractivity contribution in [1.82, 2.24) is 4.98 Å². The number of nitrogens with zero attached hydrogens (tertiary/aromatic N) is 2. The molecule has 80 valence electrons. The molecule has 1 aromatic heterocycles. The van der Waals surface area contributed by atoms with Gasteiger partial charge in [-0.2, -0.15) is 0 Å². The van der Waals surface area contributed by atoms with Crippen LogP contribution in [0.5, 0.6) is 0 Å². The smallest absolute Gasteiger partial charge is 0.129 e. The molecule has 2 aromatic rings. The third-order valence-electron chi connectivity index (χ3n) is 3.19. The molecule has 0 saturated heterocycles. The third kappa shape index (κ3) is 1.47. The minimum atomic E-state index is 0.980. The molecular formula is C14H14N2. The summed E-state index contributed by atoms with van der Waals surface area (Å²) in [5, 5.41) is 0. The van der Waals surface area contributed by atoms with Crippen molar-refractivity contribution in [2.24, 2.45) is 0 Å². The van der Waals surface area contributed by atoms with Crippen LogP contribution in [-0.4, -0.2) is 4.98 Å². The van der Waals surface area contributed by atoms with Crippen molar-refractivity contribution in [3.63, 3.8) is 0 Å². The highest BCUT2D eigenvalue weighted by molar-refractivity contribution is 5.49. The van der Waals surface area contributed by atoms with Crippen molar-refractivity contribution >= 4 is 5.82 Å². The molecule has 0 bridgehead atoms. The Labute approximate surface area is 95.6 Å². The van der Waals surface area contributed by atoms with E-state index in [0.717, 1.165) is 18.9 Å². The first-order valence-corrected chi connectivity index (χ1v) is 5.58. The van der Waals surface area contributed by atoms with Gasteiger partial charge in [0.05, 0.1) is 0 Å². The molecule has 0 aliphatic carbocycles. The summed E-state index contributed by atoms with van der Waals surface area (Å²) in [7, 11) is 0. The Hall–Kier alpha value is -1.83. The van der Waals surface area contributed by atoms with E-state index in [2.05, 4.69) is 41.1 Å². The van der Waals surface area contributed by atoms with Gasteiger partial charge in [0.25, 0.3) is 0 Å². The summed E-state index contributed by atoms with van der Waals surface area (Å²) in [5.41, 5.74) is 4.29. The summed E-state index contributed by atoms with van der Waals surface area (Å²) in [6, 6.07) is 12.6. The fourth-order valence-electron chi connectivity index (χ4n) is 2.29. The number of rotatable bonds is 1. The third-order valence-corrected chi connectivity index (χ3v) is 3.19. The fraction of sp³-hybridized carbons (Fsp3) is 0.214. The molecule has 3 rings (SSSR count). The molecule has 0 fully saturated rings. The number of anilines is 1. The predicted octanol–water partition coefficient (Wildman–Crippen LogP) is 2.91. The van der Waals surface area contributed by atoms with Gasteiger partial charge < -0.3 is 4.90 Å². The van der Waals surface area contributed by atoms with E-state index in [1.807, 2.05) is 18.3 Å². The lowest BCUT2D eigenvalue weighted by atomic mass is 10.1. The van der Waals surface area contributed by atoms with Gasteiger partial charge in [0, 0.05) is 19.3 Å². The molecule has 0 atom stereocenters. The fourth-order valence-corrected chi connectivity index (χ4v) is 2.29. The van der Waals surface area contributed by atoms with Crippen molar-refractivity contribution < 1.29 is 0 Å². The highest BCUT2D eigenvalue weighted by Crippen LogP contribution is 2.28. The predicted molar refractivity (Wildman–Crippen MR) is 65.3 cm³/mol. The number of aryl methyl sites for hydroxylation is 1. The number of pyridine rings is 1. The van der Waals surface area contributed by atoms with Gasteiger partial charge in [0.15, 0.2) is 0 Å². The summed E-state index contributed by atoms with van der Waals surface area (Å²) in [4.78, 5) is 6.72. The van der Waals surface area contributed by atoms with Gasteiger partial charge in [-0.05, 0) is 35.7 Å². The molecule has 0 N–H and O–H groups in total. The zero-order valence-corrected chi connectivity index (χ0v) is 9.35. The van der Waals surface area contributed by atoms with Crippen LogP contribution in [0.3, 0.4) is 0 Å². The van der Waals surface area contributed by atoms with Gasteiger partial charge >= 0.3 is 0 Å². The SMILES string of the molecule is Cc1cccc2c1CN(c1ccccn1)C2. The summed E-state index contributed by atoms with van der Waals surface area (Å²) in [5.74, 6) is 1.07. The molecular weight excluding hydrogens is 196 g/mol. The molecule has 2 heteroatoms. The Morgan fingerprint density at radius 2 is 2.00 bits per heavy atom. The van der Waals surface area contributed by atoms with Crippen LogP contribution in [0.4, 0.5) is 5.82 Å². The molecule has 1 aliphatic rings. The highest BCUT2D eigenvalue weighted by Gasteiger charge is 2.20. The summed E-state index contributed by atoms with van der Waals surface area (Å²) in [6.45, 7) is 4.15. The van der Waals surface area contributed by atoms with E-state index in [1.54, 1.807) is 0 Å². The maximum absolute atomic E-state index is 4.40. The van der Waals surface area contributed by atoms with Gasteiger partial charge in [-0.1, -0.05) is 24.3 Å². The van der Waals surface area contributed by atoms with Crippen molar-refractivity contribution in [2.75, 3.05) is 4.90 Å². The monoisotopic (exact) mass is 210 g/mol. The largest absolute Gasteiger partial charge is 0.348 e.